The first-order chi connectivity index (χ1) is 9.82. The molecule has 1 aromatic heterocycles. The van der Waals surface area contributed by atoms with Crippen LogP contribution in [0.25, 0.3) is 0 Å². The summed E-state index contributed by atoms with van der Waals surface area (Å²) in [6.07, 6.45) is 2.82. The van der Waals surface area contributed by atoms with Crippen molar-refractivity contribution in [3.05, 3.63) is 41.2 Å². The van der Waals surface area contributed by atoms with Gasteiger partial charge in [0.1, 0.15) is 0 Å². The van der Waals surface area contributed by atoms with Crippen LogP contribution in [0.4, 0.5) is 5.69 Å². The van der Waals surface area contributed by atoms with Crippen LogP contribution in [0, 0.1) is 6.92 Å². The molecule has 0 atom stereocenters. The predicted octanol–water partition coefficient (Wildman–Crippen LogP) is 1.55. The molecule has 7 heteroatoms. The van der Waals surface area contributed by atoms with Crippen molar-refractivity contribution in [1.29, 1.82) is 0 Å². The molecule has 0 unspecified atom stereocenters. The van der Waals surface area contributed by atoms with E-state index in [2.05, 4.69) is 17.3 Å². The summed E-state index contributed by atoms with van der Waals surface area (Å²) in [7, 11) is -1.82. The van der Waals surface area contributed by atoms with E-state index < -0.39 is 10.0 Å². The number of anilines is 1. The molecule has 3 N–H and O–H groups in total. The zero-order chi connectivity index (χ0) is 15.6. The van der Waals surface area contributed by atoms with Crippen LogP contribution in [0.3, 0.4) is 0 Å². The molecule has 0 fully saturated rings. The first-order valence-corrected chi connectivity index (χ1v) is 8.25. The smallest absolute Gasteiger partial charge is 0.238 e. The average Bonchev–Trinajstić information content (AvgIpc) is 2.76. The van der Waals surface area contributed by atoms with Gasteiger partial charge in [0.15, 0.2) is 0 Å². The Morgan fingerprint density at radius 2 is 2.10 bits per heavy atom. The van der Waals surface area contributed by atoms with Crippen molar-refractivity contribution < 1.29 is 8.42 Å². The average molecular weight is 308 g/mol. The summed E-state index contributed by atoms with van der Waals surface area (Å²) >= 11 is 0. The lowest BCUT2D eigenvalue weighted by Gasteiger charge is -2.12. The number of aromatic nitrogens is 2. The summed E-state index contributed by atoms with van der Waals surface area (Å²) in [4.78, 5) is 0.148. The van der Waals surface area contributed by atoms with Crippen molar-refractivity contribution in [2.75, 3.05) is 5.32 Å². The van der Waals surface area contributed by atoms with E-state index in [1.807, 2.05) is 19.3 Å². The number of rotatable bonds is 5. The summed E-state index contributed by atoms with van der Waals surface area (Å²) in [5.74, 6) is 0. The second-order valence-corrected chi connectivity index (χ2v) is 6.49. The lowest BCUT2D eigenvalue weighted by molar-refractivity contribution is 0.597. The monoisotopic (exact) mass is 308 g/mol. The molecule has 0 amide bonds. The first kappa shape index (κ1) is 15.5. The van der Waals surface area contributed by atoms with Crippen molar-refractivity contribution in [2.45, 2.75) is 31.7 Å². The van der Waals surface area contributed by atoms with Gasteiger partial charge >= 0.3 is 0 Å². The number of nitrogens with zero attached hydrogens (tertiary/aromatic N) is 2. The number of hydrogen-bond acceptors (Lipinski definition) is 4. The van der Waals surface area contributed by atoms with E-state index in [0.29, 0.717) is 12.1 Å². The molecule has 0 radical (unpaired) electrons. The zero-order valence-electron chi connectivity index (χ0n) is 12.4. The minimum Gasteiger partial charge on any atom is -0.381 e. The second kappa shape index (κ2) is 5.87. The highest BCUT2D eigenvalue weighted by molar-refractivity contribution is 7.89. The summed E-state index contributed by atoms with van der Waals surface area (Å²) in [5.41, 5.74) is 3.51. The molecule has 2 rings (SSSR count). The standard InChI is InChI=1S/C14H20N4O2S/c1-4-12-11(9-18(3)17-12)8-16-13-6-5-7-14(10(13)2)21(15,19)20/h5-7,9,16H,4,8H2,1-3H3,(H2,15,19,20). The minimum atomic E-state index is -3.70. The lowest BCUT2D eigenvalue weighted by Crippen LogP contribution is -2.14. The van der Waals surface area contributed by atoms with Crippen LogP contribution < -0.4 is 10.5 Å². The van der Waals surface area contributed by atoms with Gasteiger partial charge in [-0.2, -0.15) is 5.10 Å². The van der Waals surface area contributed by atoms with Crippen molar-refractivity contribution in [2.24, 2.45) is 12.2 Å². The van der Waals surface area contributed by atoms with Gasteiger partial charge in [-0.1, -0.05) is 13.0 Å². The fraction of sp³-hybridized carbons (Fsp3) is 0.357. The first-order valence-electron chi connectivity index (χ1n) is 6.70. The molecule has 0 aliphatic carbocycles. The van der Waals surface area contributed by atoms with E-state index in [1.165, 1.54) is 6.07 Å². The molecule has 0 bridgehead atoms. The van der Waals surface area contributed by atoms with Crippen LogP contribution in [-0.2, 0) is 30.0 Å². The van der Waals surface area contributed by atoms with E-state index in [-0.39, 0.29) is 4.90 Å². The van der Waals surface area contributed by atoms with Gasteiger partial charge in [0.25, 0.3) is 0 Å². The molecule has 0 aliphatic rings. The van der Waals surface area contributed by atoms with Crippen molar-refractivity contribution >= 4 is 15.7 Å². The van der Waals surface area contributed by atoms with Crippen LogP contribution in [0.15, 0.2) is 29.3 Å². The Kier molecular flexibility index (Phi) is 4.34. The Morgan fingerprint density at radius 3 is 2.71 bits per heavy atom. The minimum absolute atomic E-state index is 0.148. The van der Waals surface area contributed by atoms with Gasteiger partial charge in [-0.3, -0.25) is 4.68 Å². The number of hydrogen-bond donors (Lipinski definition) is 2. The lowest BCUT2D eigenvalue weighted by atomic mass is 10.1. The molecule has 0 saturated heterocycles. The van der Waals surface area contributed by atoms with Crippen LogP contribution in [0.2, 0.25) is 0 Å². The topological polar surface area (TPSA) is 90.0 Å². The molecule has 0 spiro atoms. The van der Waals surface area contributed by atoms with Gasteiger partial charge in [-0.25, -0.2) is 13.6 Å². The Balaban J connectivity index is 2.25. The van der Waals surface area contributed by atoms with E-state index in [1.54, 1.807) is 17.7 Å². The fourth-order valence-corrected chi connectivity index (χ4v) is 3.14. The molecule has 114 valence electrons. The maximum atomic E-state index is 11.5. The predicted molar refractivity (Wildman–Crippen MR) is 82.5 cm³/mol. The highest BCUT2D eigenvalue weighted by Gasteiger charge is 2.14. The maximum absolute atomic E-state index is 11.5. The molecule has 6 nitrogen and oxygen atoms in total. The number of benzene rings is 1. The summed E-state index contributed by atoms with van der Waals surface area (Å²) in [6.45, 7) is 4.39. The molecular formula is C14H20N4O2S. The van der Waals surface area contributed by atoms with E-state index in [4.69, 9.17) is 5.14 Å². The van der Waals surface area contributed by atoms with Gasteiger partial charge in [-0.05, 0) is 31.0 Å². The van der Waals surface area contributed by atoms with Crippen LogP contribution in [0.1, 0.15) is 23.7 Å². The van der Waals surface area contributed by atoms with E-state index in [9.17, 15) is 8.42 Å². The summed E-state index contributed by atoms with van der Waals surface area (Å²) in [5, 5.41) is 12.9. The van der Waals surface area contributed by atoms with E-state index in [0.717, 1.165) is 23.4 Å². The molecule has 2 aromatic rings. The summed E-state index contributed by atoms with van der Waals surface area (Å²) < 4.78 is 24.8. The number of nitrogens with one attached hydrogen (secondary N) is 1. The summed E-state index contributed by atoms with van der Waals surface area (Å²) in [6, 6.07) is 5.03. The van der Waals surface area contributed by atoms with Gasteiger partial charge in [0.2, 0.25) is 10.0 Å². The van der Waals surface area contributed by atoms with Gasteiger partial charge in [0.05, 0.1) is 10.6 Å². The maximum Gasteiger partial charge on any atom is 0.238 e. The molecular weight excluding hydrogens is 288 g/mol. The third kappa shape index (κ3) is 3.43. The van der Waals surface area contributed by atoms with Crippen LogP contribution >= 0.6 is 0 Å². The molecule has 1 heterocycles. The zero-order valence-corrected chi connectivity index (χ0v) is 13.2. The normalized spacial score (nSPS) is 11.6. The van der Waals surface area contributed by atoms with Crippen LogP contribution in [-0.4, -0.2) is 18.2 Å². The van der Waals surface area contributed by atoms with Gasteiger partial charge in [-0.15, -0.1) is 0 Å². The van der Waals surface area contributed by atoms with Crippen molar-refractivity contribution in [1.82, 2.24) is 9.78 Å². The Morgan fingerprint density at radius 1 is 1.38 bits per heavy atom. The third-order valence-corrected chi connectivity index (χ3v) is 4.44. The Hall–Kier alpha value is -1.86. The van der Waals surface area contributed by atoms with Gasteiger partial charge < -0.3 is 5.32 Å². The SMILES string of the molecule is CCc1nn(C)cc1CNc1cccc(S(N)(=O)=O)c1C. The molecule has 1 aromatic carbocycles. The molecule has 0 aliphatic heterocycles. The quantitative estimate of drug-likeness (QED) is 0.877. The fourth-order valence-electron chi connectivity index (χ4n) is 2.33. The van der Waals surface area contributed by atoms with Crippen molar-refractivity contribution in [3.8, 4) is 0 Å². The van der Waals surface area contributed by atoms with Crippen molar-refractivity contribution in [3.63, 3.8) is 0 Å². The number of primary sulfonamides is 1. The highest BCUT2D eigenvalue weighted by atomic mass is 32.2. The van der Waals surface area contributed by atoms with E-state index >= 15 is 0 Å². The number of aryl methyl sites for hydroxylation is 2. The Labute approximate surface area is 125 Å². The largest absolute Gasteiger partial charge is 0.381 e. The third-order valence-electron chi connectivity index (χ3n) is 3.39. The Bertz CT molecular complexity index is 750. The number of sulfonamides is 1. The highest BCUT2D eigenvalue weighted by Crippen LogP contribution is 2.23. The number of nitrogens with two attached hydrogens (primary N) is 1. The molecule has 21 heavy (non-hydrogen) atoms. The van der Waals surface area contributed by atoms with Crippen LogP contribution in [0.5, 0.6) is 0 Å². The second-order valence-electron chi connectivity index (χ2n) is 4.96. The van der Waals surface area contributed by atoms with Gasteiger partial charge in [0, 0.05) is 31.0 Å². The molecule has 0 saturated carbocycles.